The maximum atomic E-state index is 15.6. The van der Waals surface area contributed by atoms with Gasteiger partial charge in [-0.15, -0.1) is 0 Å². The summed E-state index contributed by atoms with van der Waals surface area (Å²) in [5.41, 5.74) is -5.55. The monoisotopic (exact) mass is 1090 g/mol. The zero-order chi connectivity index (χ0) is 54.0. The minimum absolute atomic E-state index is 0.0383. The lowest BCUT2D eigenvalue weighted by molar-refractivity contribution is -0.143. The topological polar surface area (TPSA) is 196 Å². The predicted octanol–water partition coefficient (Wildman–Crippen LogP) is 8.62. The van der Waals surface area contributed by atoms with Gasteiger partial charge in [-0.3, -0.25) is 19.1 Å². The number of anilines is 1. The zero-order valence-electron chi connectivity index (χ0n) is 39.1. The molecule has 4 atom stereocenters. The van der Waals surface area contributed by atoms with E-state index in [2.05, 4.69) is 20.5 Å². The first kappa shape index (κ1) is 55.8. The van der Waals surface area contributed by atoms with Crippen LogP contribution in [-0.4, -0.2) is 94.1 Å². The number of amides is 2. The van der Waals surface area contributed by atoms with Gasteiger partial charge >= 0.3 is 18.4 Å². The van der Waals surface area contributed by atoms with Crippen molar-refractivity contribution in [3.8, 4) is 11.1 Å². The SMILES string of the molecule is C[C@H](O)[C@H](C)OC(=O)N(c1nn(CC(F)(F)F)c2c(-c3ccc(CCC(C)(C)S(C)(=O)=O)nc3[C@H](Cc3cc(F)cc(F)c3)NC(=O)Cn3nc(C(F)(F)F)c4c3C(F)(F)[C@H](C)C4)ccc(Cl)c12)S(C)(=O)=O. The number of fused-ring (bicyclic) bond motifs is 2. The Hall–Kier alpha value is -5.54. The number of hydrogen-bond donors (Lipinski definition) is 2. The third kappa shape index (κ3) is 11.8. The number of nitrogens with zero attached hydrogens (tertiary/aromatic N) is 6. The number of carbonyl (C=O) groups excluding carboxylic acids is 2. The van der Waals surface area contributed by atoms with Crippen molar-refractivity contribution < 1.29 is 80.2 Å². The van der Waals surface area contributed by atoms with E-state index in [1.54, 1.807) is 0 Å². The van der Waals surface area contributed by atoms with Gasteiger partial charge in [-0.25, -0.2) is 30.4 Å². The molecule has 0 radical (unpaired) electrons. The lowest BCUT2D eigenvalue weighted by atomic mass is 9.93. The van der Waals surface area contributed by atoms with E-state index in [9.17, 15) is 66.7 Å². The third-order valence-electron chi connectivity index (χ3n) is 12.2. The summed E-state index contributed by atoms with van der Waals surface area (Å²) in [7, 11) is -8.63. The van der Waals surface area contributed by atoms with Gasteiger partial charge in [-0.05, 0) is 83.2 Å². The molecule has 2 N–H and O–H groups in total. The molecule has 0 saturated carbocycles. The summed E-state index contributed by atoms with van der Waals surface area (Å²) in [5, 5.41) is 18.6. The van der Waals surface area contributed by atoms with Crippen LogP contribution in [0.5, 0.6) is 0 Å². The minimum atomic E-state index is -5.24. The molecule has 3 aromatic heterocycles. The number of aliphatic hydroxyl groups excluding tert-OH is 1. The van der Waals surface area contributed by atoms with Gasteiger partial charge < -0.3 is 15.2 Å². The second-order valence-electron chi connectivity index (χ2n) is 18.2. The van der Waals surface area contributed by atoms with Crippen molar-refractivity contribution in [2.75, 3.05) is 16.8 Å². The van der Waals surface area contributed by atoms with Crippen molar-refractivity contribution >= 4 is 60.2 Å². The van der Waals surface area contributed by atoms with Gasteiger partial charge in [0.15, 0.2) is 21.3 Å². The number of carbonyl (C=O) groups is 2. The molecule has 0 aliphatic heterocycles. The number of aryl methyl sites for hydroxylation is 1. The standard InChI is InChI=1S/C44H46ClF10N7O8S2/c1-21-14-30-37(44(53,54)55)58-60(38(30)43(21,51)52)19-33(64)57-32(17-24-15-25(46)18-26(47)16-24)35-28(9-8-27(56-35)12-13-41(4,5)71(6,66)67)29-10-11-31(45)34-36(29)61(20-42(48,49)50)59-39(34)62(72(7,68)69)40(65)70-23(3)22(2)63/h8-11,15-16,18,21-23,32,63H,12-14,17,19-20H2,1-7H3,(H,57,64)/t21-,22+,23+,32+/m1/s1. The highest BCUT2D eigenvalue weighted by molar-refractivity contribution is 7.92. The fourth-order valence-electron chi connectivity index (χ4n) is 7.99. The van der Waals surface area contributed by atoms with Crippen LogP contribution in [0.3, 0.4) is 0 Å². The summed E-state index contributed by atoms with van der Waals surface area (Å²) in [6.45, 7) is 2.87. The first-order valence-corrected chi connectivity index (χ1v) is 25.7. The van der Waals surface area contributed by atoms with Gasteiger partial charge in [-0.2, -0.15) is 49.6 Å². The number of rotatable bonds is 16. The molecule has 6 rings (SSSR count). The maximum Gasteiger partial charge on any atom is 0.435 e. The molecule has 0 fully saturated rings. The number of aliphatic hydroxyl groups is 1. The summed E-state index contributed by atoms with van der Waals surface area (Å²) in [6, 6.07) is 5.09. The number of halogens is 11. The molecule has 0 spiro atoms. The number of benzene rings is 2. The number of pyridine rings is 1. The molecule has 5 aromatic rings. The van der Waals surface area contributed by atoms with Crippen molar-refractivity contribution in [3.05, 3.63) is 93.0 Å². The maximum absolute atomic E-state index is 15.6. The number of alkyl halides is 8. The molecule has 28 heteroatoms. The van der Waals surface area contributed by atoms with Crippen LogP contribution in [0.15, 0.2) is 42.5 Å². The normalized spacial score (nSPS) is 16.6. The summed E-state index contributed by atoms with van der Waals surface area (Å²) in [5.74, 6) is -10.2. The molecule has 1 aliphatic carbocycles. The van der Waals surface area contributed by atoms with E-state index < -0.39 is 161 Å². The largest absolute Gasteiger partial charge is 0.443 e. The predicted molar refractivity (Wildman–Crippen MR) is 241 cm³/mol. The molecule has 0 bridgehead atoms. The Bertz CT molecular complexity index is 3140. The summed E-state index contributed by atoms with van der Waals surface area (Å²) in [4.78, 5) is 32.4. The number of nitrogens with one attached hydrogen (secondary N) is 1. The van der Waals surface area contributed by atoms with E-state index in [1.807, 2.05) is 0 Å². The van der Waals surface area contributed by atoms with Crippen LogP contribution < -0.4 is 9.62 Å². The van der Waals surface area contributed by atoms with Crippen molar-refractivity contribution in [2.24, 2.45) is 5.92 Å². The summed E-state index contributed by atoms with van der Waals surface area (Å²) >= 11 is 6.62. The average Bonchev–Trinajstić information content (AvgIpc) is 3.83. The van der Waals surface area contributed by atoms with E-state index in [0.717, 1.165) is 37.4 Å². The molecule has 72 heavy (non-hydrogen) atoms. The first-order valence-electron chi connectivity index (χ1n) is 21.5. The van der Waals surface area contributed by atoms with Crippen LogP contribution in [0.2, 0.25) is 5.02 Å². The highest BCUT2D eigenvalue weighted by Gasteiger charge is 2.54. The van der Waals surface area contributed by atoms with Crippen molar-refractivity contribution in [3.63, 3.8) is 0 Å². The van der Waals surface area contributed by atoms with Gasteiger partial charge in [0, 0.05) is 40.6 Å². The van der Waals surface area contributed by atoms with Crippen LogP contribution in [0.4, 0.5) is 54.5 Å². The van der Waals surface area contributed by atoms with E-state index in [-0.39, 0.29) is 48.9 Å². The molecule has 0 unspecified atom stereocenters. The average molecular weight is 1090 g/mol. The second kappa shape index (κ2) is 19.7. The quantitative estimate of drug-likeness (QED) is 0.0898. The molecular formula is C44H46ClF10N7O8S2. The van der Waals surface area contributed by atoms with Crippen LogP contribution >= 0.6 is 11.6 Å². The number of sulfone groups is 1. The van der Waals surface area contributed by atoms with Crippen LogP contribution in [0, 0.1) is 17.6 Å². The second-order valence-corrected chi connectivity index (χ2v) is 23.1. The lowest BCUT2D eigenvalue weighted by Gasteiger charge is -2.25. The Kier molecular flexibility index (Phi) is 15.3. The van der Waals surface area contributed by atoms with Crippen molar-refractivity contribution in [1.82, 2.24) is 29.9 Å². The Labute approximate surface area is 410 Å². The first-order chi connectivity index (χ1) is 32.9. The fourth-order valence-corrected chi connectivity index (χ4v) is 9.45. The van der Waals surface area contributed by atoms with Gasteiger partial charge in [0.2, 0.25) is 15.9 Å². The summed E-state index contributed by atoms with van der Waals surface area (Å²) < 4.78 is 203. The zero-order valence-corrected chi connectivity index (χ0v) is 41.4. The minimum Gasteiger partial charge on any atom is -0.443 e. The molecule has 2 amide bonds. The lowest BCUT2D eigenvalue weighted by Crippen LogP contribution is -2.40. The van der Waals surface area contributed by atoms with Gasteiger partial charge in [0.05, 0.1) is 44.8 Å². The molecule has 15 nitrogen and oxygen atoms in total. The number of sulfonamides is 1. The van der Waals surface area contributed by atoms with Crippen molar-refractivity contribution in [1.29, 1.82) is 0 Å². The highest BCUT2D eigenvalue weighted by atomic mass is 35.5. The molecule has 3 heterocycles. The number of hydrogen-bond acceptors (Lipinski definition) is 11. The third-order valence-corrected chi connectivity index (χ3v) is 15.7. The smallest absolute Gasteiger partial charge is 0.435 e. The fraction of sp³-hybridized carbons (Fsp3) is 0.477. The van der Waals surface area contributed by atoms with Gasteiger partial charge in [-0.1, -0.05) is 30.7 Å². The van der Waals surface area contributed by atoms with Crippen LogP contribution in [0.1, 0.15) is 81.0 Å². The molecular weight excluding hydrogens is 1040 g/mol. The molecule has 394 valence electrons. The Morgan fingerprint density at radius 2 is 1.57 bits per heavy atom. The Balaban J connectivity index is 1.64. The van der Waals surface area contributed by atoms with Gasteiger partial charge in [0.1, 0.15) is 36.5 Å². The Morgan fingerprint density at radius 1 is 0.958 bits per heavy atom. The number of ether oxygens (including phenoxy) is 1. The van der Waals surface area contributed by atoms with Crippen molar-refractivity contribution in [2.45, 2.75) is 115 Å². The summed E-state index contributed by atoms with van der Waals surface area (Å²) in [6.07, 6.45) is -15.1. The van der Waals surface area contributed by atoms with E-state index in [0.29, 0.717) is 12.3 Å². The molecule has 1 aliphatic rings. The van der Waals surface area contributed by atoms with E-state index >= 15 is 8.78 Å². The highest BCUT2D eigenvalue weighted by Crippen LogP contribution is 2.50. The van der Waals surface area contributed by atoms with Crippen LogP contribution in [-0.2, 0) is 73.8 Å². The van der Waals surface area contributed by atoms with Crippen LogP contribution in [0.25, 0.3) is 22.0 Å². The molecule has 0 saturated heterocycles. The molecule has 2 aromatic carbocycles. The van der Waals surface area contributed by atoms with E-state index in [1.165, 1.54) is 39.8 Å². The van der Waals surface area contributed by atoms with Gasteiger partial charge in [0.25, 0.3) is 5.92 Å². The Morgan fingerprint density at radius 3 is 2.12 bits per heavy atom. The number of aromatic nitrogens is 5. The van der Waals surface area contributed by atoms with E-state index in [4.69, 9.17) is 16.3 Å².